The van der Waals surface area contributed by atoms with Gasteiger partial charge in [0.25, 0.3) is 5.91 Å². The third-order valence-corrected chi connectivity index (χ3v) is 5.75. The van der Waals surface area contributed by atoms with E-state index in [1.165, 1.54) is 0 Å². The highest BCUT2D eigenvalue weighted by Crippen LogP contribution is 2.26. The van der Waals surface area contributed by atoms with Crippen LogP contribution in [0.5, 0.6) is 5.75 Å². The maximum Gasteiger partial charge on any atom is 0.251 e. The van der Waals surface area contributed by atoms with Crippen molar-refractivity contribution in [2.24, 2.45) is 0 Å². The number of anilines is 2. The minimum absolute atomic E-state index is 0.109. The van der Waals surface area contributed by atoms with Gasteiger partial charge >= 0.3 is 0 Å². The van der Waals surface area contributed by atoms with Crippen molar-refractivity contribution in [2.75, 3.05) is 37.9 Å². The number of ether oxygens (including phenoxy) is 2. The van der Waals surface area contributed by atoms with E-state index in [2.05, 4.69) is 32.6 Å². The molecule has 1 aliphatic rings. The van der Waals surface area contributed by atoms with Crippen molar-refractivity contribution in [1.82, 2.24) is 25.1 Å². The van der Waals surface area contributed by atoms with Crippen LogP contribution < -0.4 is 21.1 Å². The van der Waals surface area contributed by atoms with Crippen LogP contribution in [0.3, 0.4) is 0 Å². The van der Waals surface area contributed by atoms with Crippen LogP contribution in [0.25, 0.3) is 11.0 Å². The van der Waals surface area contributed by atoms with Crippen molar-refractivity contribution in [3.05, 3.63) is 35.5 Å². The van der Waals surface area contributed by atoms with Gasteiger partial charge in [-0.3, -0.25) is 9.48 Å². The Morgan fingerprint density at radius 1 is 1.30 bits per heavy atom. The van der Waals surface area contributed by atoms with Crippen LogP contribution in [0.2, 0.25) is 0 Å². The molecular formula is C23H31N7O3. The number of hydrogen-bond acceptors (Lipinski definition) is 8. The average molecular weight is 454 g/mol. The highest BCUT2D eigenvalue weighted by molar-refractivity contribution is 5.95. The Morgan fingerprint density at radius 2 is 2.12 bits per heavy atom. The maximum absolute atomic E-state index is 12.7. The van der Waals surface area contributed by atoms with Crippen molar-refractivity contribution in [2.45, 2.75) is 45.2 Å². The molecule has 1 aromatic carbocycles. The number of methoxy groups -OCH3 is 1. The maximum atomic E-state index is 12.7. The first-order valence-corrected chi connectivity index (χ1v) is 11.4. The summed E-state index contributed by atoms with van der Waals surface area (Å²) in [5.41, 5.74) is 8.79. The number of nitrogens with two attached hydrogens (primary N) is 1. The molecule has 1 amide bonds. The van der Waals surface area contributed by atoms with Gasteiger partial charge in [0.2, 0.25) is 5.95 Å². The molecule has 0 aliphatic carbocycles. The molecule has 0 spiro atoms. The van der Waals surface area contributed by atoms with E-state index in [9.17, 15) is 4.79 Å². The minimum atomic E-state index is -0.109. The number of carbonyl (C=O) groups excluding carboxylic acids is 1. The first kappa shape index (κ1) is 22.8. The molecule has 0 atom stereocenters. The number of nitrogens with zero attached hydrogens (tertiary/aromatic N) is 4. The van der Waals surface area contributed by atoms with Gasteiger partial charge in [-0.1, -0.05) is 19.4 Å². The van der Waals surface area contributed by atoms with Gasteiger partial charge in [0, 0.05) is 36.9 Å². The lowest BCUT2D eigenvalue weighted by molar-refractivity contribution is 0.0696. The summed E-state index contributed by atoms with van der Waals surface area (Å²) in [5, 5.41) is 10.9. The fourth-order valence-corrected chi connectivity index (χ4v) is 3.93. The van der Waals surface area contributed by atoms with Gasteiger partial charge in [-0.05, 0) is 31.4 Å². The van der Waals surface area contributed by atoms with Crippen molar-refractivity contribution < 1.29 is 14.3 Å². The Kier molecular flexibility index (Phi) is 7.23. The van der Waals surface area contributed by atoms with Crippen LogP contribution in [-0.4, -0.2) is 58.6 Å². The second kappa shape index (κ2) is 10.5. The smallest absolute Gasteiger partial charge is 0.251 e. The van der Waals surface area contributed by atoms with Crippen LogP contribution in [0.1, 0.15) is 48.5 Å². The summed E-state index contributed by atoms with van der Waals surface area (Å²) >= 11 is 0. The molecule has 33 heavy (non-hydrogen) atoms. The molecule has 2 aromatic heterocycles. The number of hydrogen-bond donors (Lipinski definition) is 3. The van der Waals surface area contributed by atoms with E-state index < -0.39 is 0 Å². The molecule has 176 valence electrons. The zero-order chi connectivity index (χ0) is 23.2. The highest BCUT2D eigenvalue weighted by atomic mass is 16.5. The van der Waals surface area contributed by atoms with Crippen molar-refractivity contribution >= 4 is 28.7 Å². The second-order valence-electron chi connectivity index (χ2n) is 8.13. The van der Waals surface area contributed by atoms with Crippen LogP contribution >= 0.6 is 0 Å². The predicted molar refractivity (Wildman–Crippen MR) is 127 cm³/mol. The van der Waals surface area contributed by atoms with E-state index in [-0.39, 0.29) is 17.9 Å². The molecule has 10 nitrogen and oxygen atoms in total. The lowest BCUT2D eigenvalue weighted by Gasteiger charge is -2.23. The van der Waals surface area contributed by atoms with Crippen LogP contribution in [-0.2, 0) is 11.3 Å². The molecule has 1 fully saturated rings. The van der Waals surface area contributed by atoms with Crippen LogP contribution in [0.4, 0.5) is 11.8 Å². The second-order valence-corrected chi connectivity index (χ2v) is 8.13. The molecule has 3 aromatic rings. The van der Waals surface area contributed by atoms with Gasteiger partial charge in [0.05, 0.1) is 19.9 Å². The molecule has 1 saturated heterocycles. The summed E-state index contributed by atoms with van der Waals surface area (Å²) in [4.78, 5) is 21.4. The number of nitrogens with one attached hydrogen (secondary N) is 2. The number of benzene rings is 1. The van der Waals surface area contributed by atoms with Crippen LogP contribution in [0.15, 0.2) is 24.4 Å². The quantitative estimate of drug-likeness (QED) is 0.422. The van der Waals surface area contributed by atoms with Crippen molar-refractivity contribution in [1.29, 1.82) is 0 Å². The molecule has 0 bridgehead atoms. The number of aromatic nitrogens is 4. The molecule has 0 saturated carbocycles. The first-order chi connectivity index (χ1) is 16.1. The third-order valence-electron chi connectivity index (χ3n) is 5.75. The molecular weight excluding hydrogens is 422 g/mol. The first-order valence-electron chi connectivity index (χ1n) is 11.4. The zero-order valence-electron chi connectivity index (χ0n) is 19.1. The Balaban J connectivity index is 1.56. The van der Waals surface area contributed by atoms with Gasteiger partial charge in [-0.25, -0.2) is 4.98 Å². The van der Waals surface area contributed by atoms with E-state index >= 15 is 0 Å². The standard InChI is InChI=1S/C23H31N7O3/c1-3-4-9-25-21-20-18(28-23(24)29-21)13-26-30(20)14-16-6-5-15(12-19(16)32-2)22(31)27-17-7-10-33-11-8-17/h5-6,12-13,17H,3-4,7-11,14H2,1-2H3,(H,27,31)(H3,24,25,28,29). The number of unbranched alkanes of at least 4 members (excludes halogenated alkanes) is 1. The summed E-state index contributed by atoms with van der Waals surface area (Å²) in [5.74, 6) is 1.38. The summed E-state index contributed by atoms with van der Waals surface area (Å²) in [6.07, 6.45) is 5.43. The van der Waals surface area contributed by atoms with Crippen molar-refractivity contribution in [3.63, 3.8) is 0 Å². The topological polar surface area (TPSA) is 129 Å². The molecule has 4 rings (SSSR count). The molecule has 1 aliphatic heterocycles. The summed E-state index contributed by atoms with van der Waals surface area (Å²) in [7, 11) is 1.60. The van der Waals surface area contributed by atoms with Crippen LogP contribution in [0, 0.1) is 0 Å². The fourth-order valence-electron chi connectivity index (χ4n) is 3.93. The highest BCUT2D eigenvalue weighted by Gasteiger charge is 2.19. The largest absolute Gasteiger partial charge is 0.496 e. The van der Waals surface area contributed by atoms with Gasteiger partial charge in [-0.2, -0.15) is 10.1 Å². The van der Waals surface area contributed by atoms with Gasteiger partial charge in [0.15, 0.2) is 5.82 Å². The van der Waals surface area contributed by atoms with E-state index in [0.29, 0.717) is 42.4 Å². The Bertz CT molecular complexity index is 1110. The van der Waals surface area contributed by atoms with E-state index in [1.54, 1.807) is 19.4 Å². The van der Waals surface area contributed by atoms with Gasteiger partial charge < -0.3 is 25.8 Å². The fraction of sp³-hybridized carbons (Fsp3) is 0.478. The lowest BCUT2D eigenvalue weighted by atomic mass is 10.1. The Labute approximate surface area is 192 Å². The number of fused-ring (bicyclic) bond motifs is 1. The normalized spacial score (nSPS) is 14.4. The number of nitrogen functional groups attached to an aromatic ring is 1. The van der Waals surface area contributed by atoms with Gasteiger partial charge in [0.1, 0.15) is 16.8 Å². The predicted octanol–water partition coefficient (Wildman–Crippen LogP) is 2.59. The lowest BCUT2D eigenvalue weighted by Crippen LogP contribution is -2.38. The Morgan fingerprint density at radius 3 is 2.88 bits per heavy atom. The molecule has 4 N–H and O–H groups in total. The summed E-state index contributed by atoms with van der Waals surface area (Å²) in [6, 6.07) is 5.61. The summed E-state index contributed by atoms with van der Waals surface area (Å²) < 4.78 is 12.8. The zero-order valence-corrected chi connectivity index (χ0v) is 19.1. The van der Waals surface area contributed by atoms with E-state index in [4.69, 9.17) is 15.2 Å². The van der Waals surface area contributed by atoms with E-state index in [1.807, 2.05) is 16.8 Å². The average Bonchev–Trinajstić information content (AvgIpc) is 3.22. The molecule has 0 radical (unpaired) electrons. The molecule has 0 unspecified atom stereocenters. The van der Waals surface area contributed by atoms with Crippen molar-refractivity contribution in [3.8, 4) is 5.75 Å². The summed E-state index contributed by atoms with van der Waals surface area (Å²) in [6.45, 7) is 4.71. The molecule has 3 heterocycles. The minimum Gasteiger partial charge on any atom is -0.496 e. The number of rotatable bonds is 9. The number of carbonyl (C=O) groups is 1. The number of amides is 1. The monoisotopic (exact) mass is 453 g/mol. The SMILES string of the molecule is CCCCNc1nc(N)nc2cnn(Cc3ccc(C(=O)NC4CCOCC4)cc3OC)c12. The van der Waals surface area contributed by atoms with Gasteiger partial charge in [-0.15, -0.1) is 0 Å². The Hall–Kier alpha value is -3.40. The van der Waals surface area contributed by atoms with E-state index in [0.717, 1.165) is 43.3 Å². The third kappa shape index (κ3) is 5.33. The molecule has 10 heteroatoms.